The quantitative estimate of drug-likeness (QED) is 0.0222. The van der Waals surface area contributed by atoms with Crippen LogP contribution in [-0.2, 0) is 65.4 Å². The molecule has 5 atom stereocenters. The van der Waals surface area contributed by atoms with Crippen LogP contribution < -0.4 is 0 Å². The molecule has 0 aliphatic rings. The maximum atomic E-state index is 13.1. The first-order chi connectivity index (χ1) is 49.4. The second-order valence-corrected chi connectivity index (χ2v) is 33.7. The summed E-state index contributed by atoms with van der Waals surface area (Å²) >= 11 is 0. The van der Waals surface area contributed by atoms with Gasteiger partial charge in [-0.15, -0.1) is 0 Å². The smallest absolute Gasteiger partial charge is 0.462 e. The van der Waals surface area contributed by atoms with Gasteiger partial charge >= 0.3 is 39.5 Å². The van der Waals surface area contributed by atoms with Gasteiger partial charge in [-0.05, 0) is 37.5 Å². The molecule has 0 amide bonds. The van der Waals surface area contributed by atoms with Crippen LogP contribution in [-0.4, -0.2) is 96.7 Å². The summed E-state index contributed by atoms with van der Waals surface area (Å²) < 4.78 is 68.8. The highest BCUT2D eigenvalue weighted by Gasteiger charge is 2.30. The number of carbonyl (C=O) groups excluding carboxylic acids is 4. The molecule has 0 aromatic carbocycles. The van der Waals surface area contributed by atoms with Gasteiger partial charge in [0.2, 0.25) is 0 Å². The summed E-state index contributed by atoms with van der Waals surface area (Å²) in [6.07, 6.45) is 65.1. The fourth-order valence-corrected chi connectivity index (χ4v) is 14.5. The van der Waals surface area contributed by atoms with E-state index < -0.39 is 97.5 Å². The summed E-state index contributed by atoms with van der Waals surface area (Å²) in [5.41, 5.74) is 0. The fraction of sp³-hybridized carbons (Fsp3) is 0.952. The van der Waals surface area contributed by atoms with Crippen LogP contribution >= 0.6 is 15.6 Å². The number of esters is 4. The average Bonchev–Trinajstić information content (AvgIpc) is 0.973. The van der Waals surface area contributed by atoms with Crippen molar-refractivity contribution in [3.05, 3.63) is 0 Å². The fourth-order valence-electron chi connectivity index (χ4n) is 12.9. The molecule has 0 saturated heterocycles. The standard InChI is InChI=1S/C83H162O17P2/c1-7-9-11-13-15-17-19-21-23-24-28-31-35-41-47-53-59-65-80(85)93-71-78(99-83(88)68-62-56-50-43-37-33-29-25-27-30-34-39-45-51-57-63-75(3)4)73-97-101(89,90)95-69-77(84)70-96-102(91,92)98-74-79(72-94-81(86)66-60-54-48-44-38-40-46-52-58-64-76(5)6)100-82(87)67-61-55-49-42-36-32-26-22-20-18-16-14-12-10-8-2/h75-79,84H,7-74H2,1-6H3,(H,89,90)(H,91,92)/t77-,78-,79-/m1/s1. The minimum atomic E-state index is -4.96. The normalized spacial score (nSPS) is 13.9. The number of hydrogen-bond acceptors (Lipinski definition) is 15. The molecule has 0 heterocycles. The molecule has 0 rings (SSSR count). The molecule has 0 radical (unpaired) electrons. The molecular weight excluding hydrogens is 1330 g/mol. The lowest BCUT2D eigenvalue weighted by molar-refractivity contribution is -0.161. The van der Waals surface area contributed by atoms with E-state index in [4.69, 9.17) is 37.0 Å². The SMILES string of the molecule is CCCCCCCCCCCCCCCCCCCC(=O)OC[C@H](COP(=O)(O)OC[C@@H](O)COP(=O)(O)OC[C@@H](COC(=O)CCCCCCCCCCCC(C)C)OC(=O)CCCCCCCCCCCCCCCCC)OC(=O)CCCCCCCCCCCCCCCCCC(C)C. The molecule has 0 fully saturated rings. The predicted octanol–water partition coefficient (Wildman–Crippen LogP) is 25.1. The predicted molar refractivity (Wildman–Crippen MR) is 418 cm³/mol. The molecule has 17 nitrogen and oxygen atoms in total. The Balaban J connectivity index is 5.26. The number of carbonyl (C=O) groups is 4. The van der Waals surface area contributed by atoms with E-state index in [1.54, 1.807) is 0 Å². The van der Waals surface area contributed by atoms with Crippen molar-refractivity contribution >= 4 is 39.5 Å². The Labute approximate surface area is 626 Å². The average molecular weight is 1490 g/mol. The maximum absolute atomic E-state index is 13.1. The van der Waals surface area contributed by atoms with E-state index >= 15 is 0 Å². The van der Waals surface area contributed by atoms with Crippen molar-refractivity contribution < 1.29 is 80.2 Å². The van der Waals surface area contributed by atoms with Crippen LogP contribution in [0.3, 0.4) is 0 Å². The highest BCUT2D eigenvalue weighted by molar-refractivity contribution is 7.47. The van der Waals surface area contributed by atoms with Gasteiger partial charge in [0, 0.05) is 25.7 Å². The van der Waals surface area contributed by atoms with Crippen molar-refractivity contribution in [1.82, 2.24) is 0 Å². The number of ether oxygens (including phenoxy) is 4. The Bertz CT molecular complexity index is 1960. The molecule has 0 aromatic rings. The third-order valence-electron chi connectivity index (χ3n) is 19.5. The van der Waals surface area contributed by atoms with Gasteiger partial charge in [-0.25, -0.2) is 9.13 Å². The summed E-state index contributed by atoms with van der Waals surface area (Å²) in [5.74, 6) is -0.557. The lowest BCUT2D eigenvalue weighted by Gasteiger charge is -2.21. The van der Waals surface area contributed by atoms with Crippen LogP contribution in [0.15, 0.2) is 0 Å². The highest BCUT2D eigenvalue weighted by atomic mass is 31.2. The molecule has 19 heteroatoms. The van der Waals surface area contributed by atoms with E-state index in [1.807, 2.05) is 0 Å². The van der Waals surface area contributed by atoms with E-state index in [-0.39, 0.29) is 25.7 Å². The second kappa shape index (κ2) is 74.5. The van der Waals surface area contributed by atoms with Crippen molar-refractivity contribution in [3.63, 3.8) is 0 Å². The van der Waals surface area contributed by atoms with Crippen molar-refractivity contribution in [2.75, 3.05) is 39.6 Å². The number of phosphoric acid groups is 2. The minimum absolute atomic E-state index is 0.108. The van der Waals surface area contributed by atoms with E-state index in [9.17, 15) is 43.2 Å². The Morgan fingerprint density at radius 1 is 0.265 bits per heavy atom. The molecule has 0 spiro atoms. The summed E-state index contributed by atoms with van der Waals surface area (Å²) in [6.45, 7) is 9.67. The van der Waals surface area contributed by atoms with Gasteiger partial charge in [0.1, 0.15) is 19.3 Å². The Morgan fingerprint density at radius 2 is 0.451 bits per heavy atom. The van der Waals surface area contributed by atoms with Crippen LogP contribution in [0.2, 0.25) is 0 Å². The van der Waals surface area contributed by atoms with E-state index in [2.05, 4.69) is 41.5 Å². The molecule has 0 saturated carbocycles. The molecule has 606 valence electrons. The third-order valence-corrected chi connectivity index (χ3v) is 21.4. The van der Waals surface area contributed by atoms with Crippen molar-refractivity contribution in [3.8, 4) is 0 Å². The first-order valence-corrected chi connectivity index (χ1v) is 46.0. The molecule has 0 aliphatic carbocycles. The first-order valence-electron chi connectivity index (χ1n) is 43.0. The topological polar surface area (TPSA) is 237 Å². The van der Waals surface area contributed by atoms with E-state index in [0.29, 0.717) is 25.7 Å². The summed E-state index contributed by atoms with van der Waals surface area (Å²) in [6, 6.07) is 0. The molecule has 0 bridgehead atoms. The number of hydrogen-bond donors (Lipinski definition) is 3. The largest absolute Gasteiger partial charge is 0.472 e. The van der Waals surface area contributed by atoms with Gasteiger partial charge in [-0.1, -0.05) is 388 Å². The lowest BCUT2D eigenvalue weighted by Crippen LogP contribution is -2.30. The molecule has 0 aromatic heterocycles. The number of unbranched alkanes of at least 4 members (excludes halogenated alkanes) is 52. The number of aliphatic hydroxyl groups is 1. The molecule has 3 N–H and O–H groups in total. The number of phosphoric ester groups is 2. The zero-order chi connectivity index (χ0) is 74.9. The second-order valence-electron chi connectivity index (χ2n) is 30.8. The van der Waals surface area contributed by atoms with Crippen LogP contribution in [0.1, 0.15) is 440 Å². The Kier molecular flexibility index (Phi) is 73.1. The van der Waals surface area contributed by atoms with Gasteiger partial charge in [0.05, 0.1) is 26.4 Å². The molecule has 102 heavy (non-hydrogen) atoms. The zero-order valence-corrected chi connectivity index (χ0v) is 68.7. The van der Waals surface area contributed by atoms with Crippen LogP contribution in [0.4, 0.5) is 0 Å². The first kappa shape index (κ1) is 100. The number of aliphatic hydroxyl groups excluding tert-OH is 1. The zero-order valence-electron chi connectivity index (χ0n) is 66.9. The van der Waals surface area contributed by atoms with Crippen LogP contribution in [0, 0.1) is 11.8 Å². The van der Waals surface area contributed by atoms with Gasteiger partial charge in [-0.2, -0.15) is 0 Å². The Morgan fingerprint density at radius 3 is 0.667 bits per heavy atom. The van der Waals surface area contributed by atoms with Crippen molar-refractivity contribution in [2.45, 2.75) is 458 Å². The minimum Gasteiger partial charge on any atom is -0.462 e. The van der Waals surface area contributed by atoms with E-state index in [1.165, 1.54) is 257 Å². The van der Waals surface area contributed by atoms with Crippen LogP contribution in [0.25, 0.3) is 0 Å². The molecule has 0 aliphatic heterocycles. The summed E-state index contributed by atoms with van der Waals surface area (Å²) in [4.78, 5) is 73.1. The third kappa shape index (κ3) is 76.3. The Hall–Kier alpha value is -1.94. The van der Waals surface area contributed by atoms with Crippen molar-refractivity contribution in [1.29, 1.82) is 0 Å². The monoisotopic (exact) mass is 1490 g/mol. The highest BCUT2D eigenvalue weighted by Crippen LogP contribution is 2.45. The van der Waals surface area contributed by atoms with Crippen LogP contribution in [0.5, 0.6) is 0 Å². The van der Waals surface area contributed by atoms with Gasteiger partial charge < -0.3 is 33.8 Å². The molecule has 2 unspecified atom stereocenters. The van der Waals surface area contributed by atoms with Crippen molar-refractivity contribution in [2.24, 2.45) is 11.8 Å². The lowest BCUT2D eigenvalue weighted by atomic mass is 10.0. The van der Waals surface area contributed by atoms with Gasteiger partial charge in [0.15, 0.2) is 12.2 Å². The van der Waals surface area contributed by atoms with Gasteiger partial charge in [-0.3, -0.25) is 37.3 Å². The summed E-state index contributed by atoms with van der Waals surface area (Å²) in [5, 5.41) is 10.7. The number of rotatable bonds is 82. The summed E-state index contributed by atoms with van der Waals surface area (Å²) in [7, 11) is -9.92. The van der Waals surface area contributed by atoms with E-state index in [0.717, 1.165) is 102 Å². The molecular formula is C83H162O17P2. The van der Waals surface area contributed by atoms with Gasteiger partial charge in [0.25, 0.3) is 0 Å². The maximum Gasteiger partial charge on any atom is 0.472 e.